The maximum absolute atomic E-state index is 4.29. The van der Waals surface area contributed by atoms with Crippen molar-refractivity contribution < 1.29 is 0 Å². The molecule has 7 nitrogen and oxygen atoms in total. The maximum atomic E-state index is 4.29. The number of nitrogens with zero attached hydrogens (tertiary/aromatic N) is 6. The average Bonchev–Trinajstić information content (AvgIpc) is 2.74. The van der Waals surface area contributed by atoms with Crippen molar-refractivity contribution in [1.82, 2.24) is 35.3 Å². The molecule has 8 heteroatoms. The maximum Gasteiger partial charge on any atom is 0.188 e. The summed E-state index contributed by atoms with van der Waals surface area (Å²) in [5.41, 5.74) is 0.964. The van der Waals surface area contributed by atoms with Crippen LogP contribution in [0.3, 0.4) is 0 Å². The highest BCUT2D eigenvalue weighted by Crippen LogP contribution is 2.13. The first-order valence-corrected chi connectivity index (χ1v) is 5.56. The van der Waals surface area contributed by atoms with Crippen molar-refractivity contribution in [2.45, 2.75) is 13.1 Å². The molecule has 86 valence electrons. The number of hydrogen-bond donors (Lipinski definition) is 1. The van der Waals surface area contributed by atoms with Crippen molar-refractivity contribution in [3.05, 3.63) is 22.2 Å². The van der Waals surface area contributed by atoms with E-state index in [4.69, 9.17) is 0 Å². The van der Waals surface area contributed by atoms with Gasteiger partial charge < -0.3 is 5.32 Å². The molecule has 16 heavy (non-hydrogen) atoms. The summed E-state index contributed by atoms with van der Waals surface area (Å²) in [5.74, 6) is 0.676. The smallest absolute Gasteiger partial charge is 0.188 e. The Labute approximate surface area is 101 Å². The Kier molecular flexibility index (Phi) is 3.30. The van der Waals surface area contributed by atoms with Gasteiger partial charge >= 0.3 is 0 Å². The zero-order chi connectivity index (χ0) is 11.5. The van der Waals surface area contributed by atoms with E-state index in [-0.39, 0.29) is 0 Å². The zero-order valence-corrected chi connectivity index (χ0v) is 10.6. The Morgan fingerprint density at radius 1 is 1.31 bits per heavy atom. The van der Waals surface area contributed by atoms with Crippen LogP contribution in [0.2, 0.25) is 0 Å². The minimum Gasteiger partial charge on any atom is -0.304 e. The van der Waals surface area contributed by atoms with Crippen molar-refractivity contribution in [3.63, 3.8) is 0 Å². The summed E-state index contributed by atoms with van der Waals surface area (Å²) in [6.07, 6.45) is 1.91. The third kappa shape index (κ3) is 2.64. The summed E-state index contributed by atoms with van der Waals surface area (Å²) < 4.78 is 2.76. The quantitative estimate of drug-likeness (QED) is 0.856. The van der Waals surface area contributed by atoms with Crippen LogP contribution in [-0.4, -0.2) is 30.0 Å². The second-order valence-electron chi connectivity index (χ2n) is 3.40. The average molecular weight is 286 g/mol. The lowest BCUT2D eigenvalue weighted by Gasteiger charge is -1.98. The molecule has 2 rings (SSSR count). The van der Waals surface area contributed by atoms with E-state index < -0.39 is 0 Å². The summed E-state index contributed by atoms with van der Waals surface area (Å²) in [4.78, 5) is 1.44. The van der Waals surface area contributed by atoms with Gasteiger partial charge in [0.05, 0.1) is 23.8 Å². The summed E-state index contributed by atoms with van der Waals surface area (Å²) >= 11 is 3.44. The molecule has 2 aromatic heterocycles. The molecule has 0 aliphatic heterocycles. The summed E-state index contributed by atoms with van der Waals surface area (Å²) in [6, 6.07) is 0. The van der Waals surface area contributed by atoms with Gasteiger partial charge in [-0.25, -0.2) is 0 Å². The topological polar surface area (TPSA) is 73.5 Å². The molecule has 1 N–H and O–H groups in total. The van der Waals surface area contributed by atoms with E-state index in [1.165, 1.54) is 4.80 Å². The highest BCUT2D eigenvalue weighted by atomic mass is 79.9. The third-order valence-corrected chi connectivity index (χ3v) is 2.64. The van der Waals surface area contributed by atoms with E-state index in [1.54, 1.807) is 11.7 Å². The lowest BCUT2D eigenvalue weighted by Crippen LogP contribution is -2.14. The van der Waals surface area contributed by atoms with Crippen LogP contribution in [0.1, 0.15) is 11.5 Å². The standard InChI is InChI=1S/C8H12BrN7/c1-15-5-6(9)7(12-15)3-10-4-8-11-14-16(2)13-8/h5,10H,3-4H2,1-2H3. The zero-order valence-electron chi connectivity index (χ0n) is 9.05. The van der Waals surface area contributed by atoms with Crippen LogP contribution < -0.4 is 5.32 Å². The Morgan fingerprint density at radius 2 is 2.12 bits per heavy atom. The van der Waals surface area contributed by atoms with Crippen molar-refractivity contribution in [3.8, 4) is 0 Å². The molecule has 0 atom stereocenters. The SMILES string of the molecule is Cn1cc(Br)c(CNCc2nnn(C)n2)n1. The van der Waals surface area contributed by atoms with Gasteiger partial charge in [-0.15, -0.1) is 10.2 Å². The van der Waals surface area contributed by atoms with Crippen molar-refractivity contribution in [1.29, 1.82) is 0 Å². The summed E-state index contributed by atoms with van der Waals surface area (Å²) in [5, 5.41) is 19.2. The van der Waals surface area contributed by atoms with Gasteiger partial charge in [0.2, 0.25) is 0 Å². The molecule has 0 spiro atoms. The first kappa shape index (κ1) is 11.2. The van der Waals surface area contributed by atoms with Crippen LogP contribution >= 0.6 is 15.9 Å². The van der Waals surface area contributed by atoms with E-state index >= 15 is 0 Å². The number of nitrogens with one attached hydrogen (secondary N) is 1. The fourth-order valence-corrected chi connectivity index (χ4v) is 1.83. The molecule has 2 aromatic rings. The Morgan fingerprint density at radius 3 is 2.69 bits per heavy atom. The lowest BCUT2D eigenvalue weighted by atomic mass is 10.4. The van der Waals surface area contributed by atoms with E-state index in [1.807, 2.05) is 13.2 Å². The monoisotopic (exact) mass is 285 g/mol. The number of rotatable bonds is 4. The normalized spacial score (nSPS) is 10.9. The van der Waals surface area contributed by atoms with Gasteiger partial charge in [0.15, 0.2) is 5.82 Å². The van der Waals surface area contributed by atoms with Gasteiger partial charge in [0, 0.05) is 19.8 Å². The van der Waals surface area contributed by atoms with Gasteiger partial charge in [-0.05, 0) is 21.1 Å². The molecule has 0 bridgehead atoms. The third-order valence-electron chi connectivity index (χ3n) is 1.98. The second kappa shape index (κ2) is 4.71. The fraction of sp³-hybridized carbons (Fsp3) is 0.500. The number of halogens is 1. The lowest BCUT2D eigenvalue weighted by molar-refractivity contribution is 0.613. The van der Waals surface area contributed by atoms with Crippen LogP contribution in [0.25, 0.3) is 0 Å². The van der Waals surface area contributed by atoms with Crippen LogP contribution in [0.15, 0.2) is 10.7 Å². The second-order valence-corrected chi connectivity index (χ2v) is 4.25. The first-order valence-electron chi connectivity index (χ1n) is 4.77. The summed E-state index contributed by atoms with van der Waals surface area (Å²) in [6.45, 7) is 1.25. The van der Waals surface area contributed by atoms with Gasteiger partial charge in [0.25, 0.3) is 0 Å². The first-order chi connectivity index (χ1) is 7.65. The van der Waals surface area contributed by atoms with Crippen molar-refractivity contribution >= 4 is 15.9 Å². The molecule has 0 radical (unpaired) electrons. The Balaban J connectivity index is 1.86. The molecular weight excluding hydrogens is 274 g/mol. The van der Waals surface area contributed by atoms with Crippen LogP contribution in [0.4, 0.5) is 0 Å². The molecule has 0 aromatic carbocycles. The van der Waals surface area contributed by atoms with Gasteiger partial charge in [-0.3, -0.25) is 4.68 Å². The molecule has 0 saturated heterocycles. The molecule has 0 aliphatic carbocycles. The summed E-state index contributed by atoms with van der Waals surface area (Å²) in [7, 11) is 3.63. The van der Waals surface area contributed by atoms with Gasteiger partial charge in [-0.2, -0.15) is 9.90 Å². The minimum atomic E-state index is 0.580. The molecule has 2 heterocycles. The molecule has 0 amide bonds. The van der Waals surface area contributed by atoms with Crippen LogP contribution in [0.5, 0.6) is 0 Å². The largest absolute Gasteiger partial charge is 0.304 e. The predicted octanol–water partition coefficient (Wildman–Crippen LogP) is -0.00410. The molecule has 0 unspecified atom stereocenters. The van der Waals surface area contributed by atoms with E-state index in [0.29, 0.717) is 18.9 Å². The number of aryl methyl sites for hydroxylation is 2. The van der Waals surface area contributed by atoms with E-state index in [2.05, 4.69) is 41.8 Å². The number of aromatic nitrogens is 6. The van der Waals surface area contributed by atoms with Crippen LogP contribution in [0, 0.1) is 0 Å². The molecule has 0 fully saturated rings. The van der Waals surface area contributed by atoms with Gasteiger partial charge in [-0.1, -0.05) is 0 Å². The molecule has 0 aliphatic rings. The van der Waals surface area contributed by atoms with Crippen molar-refractivity contribution in [2.75, 3.05) is 0 Å². The Hall–Kier alpha value is -1.28. The van der Waals surface area contributed by atoms with E-state index in [0.717, 1.165) is 10.2 Å². The van der Waals surface area contributed by atoms with E-state index in [9.17, 15) is 0 Å². The minimum absolute atomic E-state index is 0.580. The fourth-order valence-electron chi connectivity index (χ4n) is 1.31. The van der Waals surface area contributed by atoms with Crippen LogP contribution in [-0.2, 0) is 27.2 Å². The predicted molar refractivity (Wildman–Crippen MR) is 60.2 cm³/mol. The molecular formula is C8H12BrN7. The highest BCUT2D eigenvalue weighted by molar-refractivity contribution is 9.10. The van der Waals surface area contributed by atoms with Crippen molar-refractivity contribution in [2.24, 2.45) is 14.1 Å². The molecule has 0 saturated carbocycles. The Bertz CT molecular complexity index is 474. The number of hydrogen-bond acceptors (Lipinski definition) is 5. The number of tetrazole rings is 1. The highest BCUT2D eigenvalue weighted by Gasteiger charge is 2.05. The van der Waals surface area contributed by atoms with Gasteiger partial charge in [0.1, 0.15) is 0 Å².